The van der Waals surface area contributed by atoms with Crippen LogP contribution in [0.4, 0.5) is 0 Å². The number of aryl methyl sites for hydroxylation is 1. The van der Waals surface area contributed by atoms with Gasteiger partial charge in [-0.1, -0.05) is 0 Å². The van der Waals surface area contributed by atoms with E-state index in [4.69, 9.17) is 14.2 Å². The van der Waals surface area contributed by atoms with Crippen molar-refractivity contribution in [3.63, 3.8) is 0 Å². The number of esters is 1. The summed E-state index contributed by atoms with van der Waals surface area (Å²) in [6.07, 6.45) is 0.315. The Labute approximate surface area is 158 Å². The van der Waals surface area contributed by atoms with Crippen molar-refractivity contribution >= 4 is 18.2 Å². The van der Waals surface area contributed by atoms with Crippen LogP contribution in [0.2, 0.25) is 0 Å². The van der Waals surface area contributed by atoms with Crippen molar-refractivity contribution in [1.29, 1.82) is 0 Å². The zero-order valence-electron chi connectivity index (χ0n) is 15.2. The van der Waals surface area contributed by atoms with Crippen molar-refractivity contribution < 1.29 is 43.9 Å². The van der Waals surface area contributed by atoms with Crippen molar-refractivity contribution in [3.8, 4) is 28.7 Å². The molecule has 28 heavy (non-hydrogen) atoms. The number of benzene rings is 2. The van der Waals surface area contributed by atoms with E-state index in [0.717, 1.165) is 0 Å². The molecule has 0 aromatic heterocycles. The van der Waals surface area contributed by atoms with Crippen LogP contribution in [0.1, 0.15) is 47.8 Å². The summed E-state index contributed by atoms with van der Waals surface area (Å²) in [5, 5.41) is 29.4. The molecule has 9 nitrogen and oxygen atoms in total. The first-order valence-corrected chi connectivity index (χ1v) is 8.06. The summed E-state index contributed by atoms with van der Waals surface area (Å²) >= 11 is 0. The minimum absolute atomic E-state index is 0.0510. The zero-order chi connectivity index (χ0) is 20.7. The van der Waals surface area contributed by atoms with Crippen LogP contribution in [0.15, 0.2) is 6.07 Å². The van der Waals surface area contributed by atoms with E-state index in [9.17, 15) is 29.7 Å². The van der Waals surface area contributed by atoms with E-state index in [-0.39, 0.29) is 56.4 Å². The SMILES string of the molecule is COc1c(CO)c2c(c(C)c1C(=O)O)Oc1c(C=O)c(O)cc(C)c1C(=O)O2. The number of aromatic hydroxyl groups is 1. The third-order valence-corrected chi connectivity index (χ3v) is 4.49. The van der Waals surface area contributed by atoms with Gasteiger partial charge in [-0.2, -0.15) is 0 Å². The van der Waals surface area contributed by atoms with Gasteiger partial charge in [0.1, 0.15) is 22.6 Å². The number of carbonyl (C=O) groups excluding carboxylic acids is 2. The molecule has 0 radical (unpaired) electrons. The predicted molar refractivity (Wildman–Crippen MR) is 93.9 cm³/mol. The highest BCUT2D eigenvalue weighted by Gasteiger charge is 2.35. The van der Waals surface area contributed by atoms with Crippen molar-refractivity contribution in [2.75, 3.05) is 7.11 Å². The van der Waals surface area contributed by atoms with Crippen LogP contribution >= 0.6 is 0 Å². The van der Waals surface area contributed by atoms with Crippen LogP contribution in [-0.2, 0) is 6.61 Å². The molecule has 1 heterocycles. The molecular formula is C19H16O9. The Morgan fingerprint density at radius 3 is 2.43 bits per heavy atom. The van der Waals surface area contributed by atoms with Crippen LogP contribution in [0, 0.1) is 13.8 Å². The lowest BCUT2D eigenvalue weighted by Crippen LogP contribution is -2.13. The van der Waals surface area contributed by atoms with Crippen molar-refractivity contribution in [1.82, 2.24) is 0 Å². The molecule has 9 heteroatoms. The van der Waals surface area contributed by atoms with E-state index in [1.165, 1.54) is 27.0 Å². The first-order valence-electron chi connectivity index (χ1n) is 8.06. The highest BCUT2D eigenvalue weighted by Crippen LogP contribution is 2.50. The van der Waals surface area contributed by atoms with Gasteiger partial charge in [0, 0.05) is 5.56 Å². The van der Waals surface area contributed by atoms with E-state index >= 15 is 0 Å². The van der Waals surface area contributed by atoms with Crippen LogP contribution in [-0.4, -0.2) is 40.7 Å². The summed E-state index contributed by atoms with van der Waals surface area (Å²) in [5.74, 6) is -3.49. The molecular weight excluding hydrogens is 372 g/mol. The van der Waals surface area contributed by atoms with Crippen molar-refractivity contribution in [2.24, 2.45) is 0 Å². The number of methoxy groups -OCH3 is 1. The highest BCUT2D eigenvalue weighted by atomic mass is 16.6. The molecule has 146 valence electrons. The molecule has 0 bridgehead atoms. The molecule has 0 saturated heterocycles. The molecule has 0 unspecified atom stereocenters. The fourth-order valence-corrected chi connectivity index (χ4v) is 3.21. The molecule has 3 rings (SSSR count). The Hall–Kier alpha value is -3.59. The molecule has 1 aliphatic rings. The van der Waals surface area contributed by atoms with E-state index < -0.39 is 24.3 Å². The Morgan fingerprint density at radius 2 is 1.89 bits per heavy atom. The minimum atomic E-state index is -1.35. The number of hydrogen-bond acceptors (Lipinski definition) is 8. The van der Waals surface area contributed by atoms with Gasteiger partial charge in [0.15, 0.2) is 23.5 Å². The normalized spacial score (nSPS) is 12.2. The Balaban J connectivity index is 2.44. The van der Waals surface area contributed by atoms with E-state index in [1.807, 2.05) is 0 Å². The number of ether oxygens (including phenoxy) is 3. The van der Waals surface area contributed by atoms with Gasteiger partial charge in [-0.15, -0.1) is 0 Å². The third-order valence-electron chi connectivity index (χ3n) is 4.49. The van der Waals surface area contributed by atoms with E-state index in [0.29, 0.717) is 6.29 Å². The average Bonchev–Trinajstić information content (AvgIpc) is 2.78. The lowest BCUT2D eigenvalue weighted by Gasteiger charge is -2.19. The highest BCUT2D eigenvalue weighted by molar-refractivity contribution is 6.02. The number of phenols is 1. The number of phenolic OH excluding ortho intramolecular Hbond substituents is 1. The molecule has 3 N–H and O–H groups in total. The standard InChI is InChI=1S/C19H16O9/c1-7-4-11(22)9(5-20)16-12(7)19(25)28-17-10(6-21)15(26-3)13(18(23)24)8(2)14(17)27-16/h4-5,21-22H,6H2,1-3H3,(H,23,24). The Kier molecular flexibility index (Phi) is 4.70. The van der Waals surface area contributed by atoms with Gasteiger partial charge in [0.2, 0.25) is 0 Å². The maximum Gasteiger partial charge on any atom is 0.347 e. The molecule has 0 spiro atoms. The second-order valence-corrected chi connectivity index (χ2v) is 6.07. The zero-order valence-corrected chi connectivity index (χ0v) is 15.2. The number of hydrogen-bond donors (Lipinski definition) is 3. The number of aliphatic hydroxyl groups is 1. The molecule has 0 aliphatic carbocycles. The Morgan fingerprint density at radius 1 is 1.21 bits per heavy atom. The van der Waals surface area contributed by atoms with E-state index in [1.54, 1.807) is 0 Å². The maximum absolute atomic E-state index is 12.7. The van der Waals surface area contributed by atoms with E-state index in [2.05, 4.69) is 0 Å². The van der Waals surface area contributed by atoms with Crippen molar-refractivity contribution in [2.45, 2.75) is 20.5 Å². The number of aromatic carboxylic acids is 1. The van der Waals surface area contributed by atoms with Gasteiger partial charge in [-0.05, 0) is 25.5 Å². The number of carboxylic acid groups (broad SMARTS) is 1. The van der Waals surface area contributed by atoms with Gasteiger partial charge in [0.05, 0.1) is 24.8 Å². The molecule has 2 aromatic rings. The summed E-state index contributed by atoms with van der Waals surface area (Å²) in [6.45, 7) is 2.21. The Bertz CT molecular complexity index is 1040. The number of rotatable bonds is 4. The summed E-state index contributed by atoms with van der Waals surface area (Å²) < 4.78 is 16.3. The lowest BCUT2D eigenvalue weighted by atomic mass is 10.00. The van der Waals surface area contributed by atoms with Crippen LogP contribution in [0.3, 0.4) is 0 Å². The maximum atomic E-state index is 12.7. The lowest BCUT2D eigenvalue weighted by molar-refractivity contribution is 0.0691. The smallest absolute Gasteiger partial charge is 0.347 e. The molecule has 0 atom stereocenters. The molecule has 0 saturated carbocycles. The molecule has 0 amide bonds. The minimum Gasteiger partial charge on any atom is -0.507 e. The largest absolute Gasteiger partial charge is 0.507 e. The quantitative estimate of drug-likeness (QED) is 0.409. The van der Waals surface area contributed by atoms with Gasteiger partial charge in [-0.25, -0.2) is 9.59 Å². The first-order chi connectivity index (χ1) is 13.3. The molecule has 1 aliphatic heterocycles. The molecule has 2 aromatic carbocycles. The second kappa shape index (κ2) is 6.86. The summed E-state index contributed by atoms with van der Waals surface area (Å²) in [6, 6.07) is 1.21. The topological polar surface area (TPSA) is 140 Å². The van der Waals surface area contributed by atoms with Crippen LogP contribution < -0.4 is 14.2 Å². The predicted octanol–water partition coefficient (Wildman–Crippen LogP) is 2.35. The van der Waals surface area contributed by atoms with Crippen LogP contribution in [0.5, 0.6) is 28.7 Å². The monoisotopic (exact) mass is 388 g/mol. The second-order valence-electron chi connectivity index (χ2n) is 6.07. The van der Waals surface area contributed by atoms with Crippen LogP contribution in [0.25, 0.3) is 0 Å². The number of carboxylic acids is 1. The summed E-state index contributed by atoms with van der Waals surface area (Å²) in [7, 11) is 1.22. The fraction of sp³-hybridized carbons (Fsp3) is 0.211. The van der Waals surface area contributed by atoms with Gasteiger partial charge >= 0.3 is 11.9 Å². The average molecular weight is 388 g/mol. The number of fused-ring (bicyclic) bond motifs is 2. The van der Waals surface area contributed by atoms with Gasteiger partial charge in [-0.3, -0.25) is 4.79 Å². The summed E-state index contributed by atoms with van der Waals surface area (Å²) in [5.41, 5.74) is -0.455. The first kappa shape index (κ1) is 19.2. The van der Waals surface area contributed by atoms with Gasteiger partial charge in [0.25, 0.3) is 0 Å². The summed E-state index contributed by atoms with van der Waals surface area (Å²) in [4.78, 5) is 36.0. The van der Waals surface area contributed by atoms with Gasteiger partial charge < -0.3 is 29.5 Å². The number of aliphatic hydroxyl groups excluding tert-OH is 1. The van der Waals surface area contributed by atoms with Crippen molar-refractivity contribution in [3.05, 3.63) is 39.4 Å². The third kappa shape index (κ3) is 2.64. The number of carbonyl (C=O) groups is 3. The number of aldehydes is 1. The fourth-order valence-electron chi connectivity index (χ4n) is 3.21. The molecule has 0 fully saturated rings.